The number of aliphatic imine (C=N–C) groups is 1. The van der Waals surface area contributed by atoms with Gasteiger partial charge >= 0.3 is 0 Å². The maximum absolute atomic E-state index is 5.13. The molecule has 0 aliphatic heterocycles. The molecule has 0 aliphatic carbocycles. The van der Waals surface area contributed by atoms with Crippen LogP contribution in [0.1, 0.15) is 45.6 Å². The van der Waals surface area contributed by atoms with Crippen molar-refractivity contribution < 1.29 is 4.74 Å². The van der Waals surface area contributed by atoms with Crippen molar-refractivity contribution in [1.29, 1.82) is 0 Å². The van der Waals surface area contributed by atoms with Gasteiger partial charge in [-0.25, -0.2) is 9.98 Å². The van der Waals surface area contributed by atoms with Crippen LogP contribution in [0.3, 0.4) is 0 Å². The van der Waals surface area contributed by atoms with Crippen LogP contribution in [0.15, 0.2) is 23.3 Å². The number of nitrogens with one attached hydrogen (secondary N) is 2. The zero-order valence-corrected chi connectivity index (χ0v) is 14.4. The lowest BCUT2D eigenvalue weighted by Gasteiger charge is -2.11. The highest BCUT2D eigenvalue weighted by molar-refractivity contribution is 5.79. The van der Waals surface area contributed by atoms with Crippen LogP contribution in [0.4, 0.5) is 0 Å². The molecule has 0 saturated carbocycles. The van der Waals surface area contributed by atoms with E-state index in [0.29, 0.717) is 12.4 Å². The Labute approximate surface area is 134 Å². The van der Waals surface area contributed by atoms with Crippen molar-refractivity contribution in [3.63, 3.8) is 0 Å². The van der Waals surface area contributed by atoms with Gasteiger partial charge in [0.2, 0.25) is 5.88 Å². The van der Waals surface area contributed by atoms with E-state index in [1.165, 1.54) is 19.3 Å². The summed E-state index contributed by atoms with van der Waals surface area (Å²) in [5.41, 5.74) is 1.09. The standard InChI is InChI=1S/C17H30N4O/c1-5-18-17(20-10-7-6-8-14(2)3)21-13-15-9-11-19-16(12-15)22-4/h9,11-12,14H,5-8,10,13H2,1-4H3,(H2,18,20,21). The molecule has 22 heavy (non-hydrogen) atoms. The molecule has 0 atom stereocenters. The Morgan fingerprint density at radius 3 is 2.82 bits per heavy atom. The van der Waals surface area contributed by atoms with E-state index in [4.69, 9.17) is 4.74 Å². The first-order chi connectivity index (χ1) is 10.7. The van der Waals surface area contributed by atoms with E-state index in [1.807, 2.05) is 12.1 Å². The zero-order chi connectivity index (χ0) is 16.2. The van der Waals surface area contributed by atoms with Gasteiger partial charge in [-0.3, -0.25) is 0 Å². The number of guanidine groups is 1. The molecule has 0 amide bonds. The third-order valence-corrected chi connectivity index (χ3v) is 3.27. The van der Waals surface area contributed by atoms with Gasteiger partial charge in [-0.15, -0.1) is 0 Å². The molecular formula is C17H30N4O. The van der Waals surface area contributed by atoms with Crippen LogP contribution < -0.4 is 15.4 Å². The SMILES string of the molecule is CCNC(=NCc1ccnc(OC)c1)NCCCCC(C)C. The van der Waals surface area contributed by atoms with Crippen molar-refractivity contribution in [3.05, 3.63) is 23.9 Å². The smallest absolute Gasteiger partial charge is 0.213 e. The highest BCUT2D eigenvalue weighted by Crippen LogP contribution is 2.09. The minimum Gasteiger partial charge on any atom is -0.481 e. The molecule has 0 saturated heterocycles. The van der Waals surface area contributed by atoms with E-state index in [2.05, 4.69) is 41.4 Å². The molecule has 0 aliphatic rings. The predicted molar refractivity (Wildman–Crippen MR) is 92.3 cm³/mol. The van der Waals surface area contributed by atoms with Crippen molar-refractivity contribution in [3.8, 4) is 5.88 Å². The number of unbranched alkanes of at least 4 members (excludes halogenated alkanes) is 1. The zero-order valence-electron chi connectivity index (χ0n) is 14.4. The highest BCUT2D eigenvalue weighted by Gasteiger charge is 2.00. The summed E-state index contributed by atoms with van der Waals surface area (Å²) in [5.74, 6) is 2.27. The molecule has 5 heteroatoms. The summed E-state index contributed by atoms with van der Waals surface area (Å²) in [5, 5.41) is 6.66. The Balaban J connectivity index is 2.43. The molecule has 0 fully saturated rings. The summed E-state index contributed by atoms with van der Waals surface area (Å²) in [6.07, 6.45) is 5.46. The number of ether oxygens (including phenoxy) is 1. The molecule has 0 bridgehead atoms. The second-order valence-corrected chi connectivity index (χ2v) is 5.72. The van der Waals surface area contributed by atoms with Gasteiger partial charge in [0.05, 0.1) is 13.7 Å². The third-order valence-electron chi connectivity index (χ3n) is 3.27. The minimum absolute atomic E-state index is 0.611. The maximum Gasteiger partial charge on any atom is 0.213 e. The average molecular weight is 306 g/mol. The minimum atomic E-state index is 0.611. The normalized spacial score (nSPS) is 11.6. The molecule has 124 valence electrons. The van der Waals surface area contributed by atoms with Crippen LogP contribution in [0.2, 0.25) is 0 Å². The van der Waals surface area contributed by atoms with Crippen molar-refractivity contribution in [1.82, 2.24) is 15.6 Å². The monoisotopic (exact) mass is 306 g/mol. The number of hydrogen-bond donors (Lipinski definition) is 2. The predicted octanol–water partition coefficient (Wildman–Crippen LogP) is 2.97. The van der Waals surface area contributed by atoms with Crippen LogP contribution in [0, 0.1) is 5.92 Å². The molecule has 2 N–H and O–H groups in total. The maximum atomic E-state index is 5.13. The summed E-state index contributed by atoms with van der Waals surface area (Å²) in [4.78, 5) is 8.71. The molecule has 5 nitrogen and oxygen atoms in total. The van der Waals surface area contributed by atoms with Gasteiger partial charge in [-0.2, -0.15) is 0 Å². The van der Waals surface area contributed by atoms with Crippen molar-refractivity contribution in [2.45, 2.75) is 46.6 Å². The highest BCUT2D eigenvalue weighted by atomic mass is 16.5. The molecular weight excluding hydrogens is 276 g/mol. The fourth-order valence-corrected chi connectivity index (χ4v) is 2.06. The van der Waals surface area contributed by atoms with Gasteiger partial charge in [0, 0.05) is 25.4 Å². The summed E-state index contributed by atoms with van der Waals surface area (Å²) in [7, 11) is 1.62. The number of aromatic nitrogens is 1. The lowest BCUT2D eigenvalue weighted by atomic mass is 10.1. The molecule has 0 aromatic carbocycles. The Morgan fingerprint density at radius 2 is 2.14 bits per heavy atom. The van der Waals surface area contributed by atoms with E-state index < -0.39 is 0 Å². The largest absolute Gasteiger partial charge is 0.481 e. The topological polar surface area (TPSA) is 58.5 Å². The Hall–Kier alpha value is -1.78. The third kappa shape index (κ3) is 7.86. The molecule has 1 aromatic heterocycles. The van der Waals surface area contributed by atoms with Crippen molar-refractivity contribution >= 4 is 5.96 Å². The molecule has 0 unspecified atom stereocenters. The van der Waals surface area contributed by atoms with Gasteiger partial charge in [0.25, 0.3) is 0 Å². The Kier molecular flexibility index (Phi) is 9.03. The number of nitrogens with zero attached hydrogens (tertiary/aromatic N) is 2. The lowest BCUT2D eigenvalue weighted by Crippen LogP contribution is -2.37. The first kappa shape index (κ1) is 18.3. The second-order valence-electron chi connectivity index (χ2n) is 5.72. The van der Waals surface area contributed by atoms with Crippen molar-refractivity contribution in [2.24, 2.45) is 10.9 Å². The fraction of sp³-hybridized carbons (Fsp3) is 0.647. The van der Waals surface area contributed by atoms with E-state index in [0.717, 1.165) is 30.5 Å². The average Bonchev–Trinajstić information content (AvgIpc) is 2.52. The quantitative estimate of drug-likeness (QED) is 0.418. The molecule has 0 radical (unpaired) electrons. The van der Waals surface area contributed by atoms with E-state index >= 15 is 0 Å². The first-order valence-electron chi connectivity index (χ1n) is 8.16. The summed E-state index contributed by atoms with van der Waals surface area (Å²) >= 11 is 0. The first-order valence-corrected chi connectivity index (χ1v) is 8.16. The van der Waals surface area contributed by atoms with Gasteiger partial charge < -0.3 is 15.4 Å². The summed E-state index contributed by atoms with van der Waals surface area (Å²) in [6.45, 7) is 9.03. The van der Waals surface area contributed by atoms with Gasteiger partial charge in [0.1, 0.15) is 0 Å². The van der Waals surface area contributed by atoms with Crippen LogP contribution >= 0.6 is 0 Å². The molecule has 0 spiro atoms. The summed E-state index contributed by atoms with van der Waals surface area (Å²) < 4.78 is 5.13. The van der Waals surface area contributed by atoms with Gasteiger partial charge in [-0.05, 0) is 30.9 Å². The number of rotatable bonds is 9. The van der Waals surface area contributed by atoms with Crippen LogP contribution in [-0.4, -0.2) is 31.1 Å². The lowest BCUT2D eigenvalue weighted by molar-refractivity contribution is 0.397. The van der Waals surface area contributed by atoms with E-state index in [-0.39, 0.29) is 0 Å². The Bertz CT molecular complexity index is 446. The van der Waals surface area contributed by atoms with Crippen LogP contribution in [0.5, 0.6) is 5.88 Å². The van der Waals surface area contributed by atoms with E-state index in [9.17, 15) is 0 Å². The Morgan fingerprint density at radius 1 is 1.32 bits per heavy atom. The number of hydrogen-bond acceptors (Lipinski definition) is 3. The number of pyridine rings is 1. The summed E-state index contributed by atoms with van der Waals surface area (Å²) in [6, 6.07) is 3.87. The molecule has 1 heterocycles. The van der Waals surface area contributed by atoms with E-state index in [1.54, 1.807) is 13.3 Å². The number of methoxy groups -OCH3 is 1. The molecule has 1 aromatic rings. The molecule has 1 rings (SSSR count). The van der Waals surface area contributed by atoms with Gasteiger partial charge in [-0.1, -0.05) is 26.7 Å². The fourth-order valence-electron chi connectivity index (χ4n) is 2.06. The second kappa shape index (κ2) is 10.9. The van der Waals surface area contributed by atoms with Crippen LogP contribution in [0.25, 0.3) is 0 Å². The van der Waals surface area contributed by atoms with Crippen molar-refractivity contribution in [2.75, 3.05) is 20.2 Å². The van der Waals surface area contributed by atoms with Crippen LogP contribution in [-0.2, 0) is 6.54 Å². The van der Waals surface area contributed by atoms with Gasteiger partial charge in [0.15, 0.2) is 5.96 Å².